The van der Waals surface area contributed by atoms with E-state index in [-0.39, 0.29) is 0 Å². The van der Waals surface area contributed by atoms with Gasteiger partial charge in [-0.3, -0.25) is 9.88 Å². The summed E-state index contributed by atoms with van der Waals surface area (Å²) in [5, 5.41) is 13.9. The van der Waals surface area contributed by atoms with Crippen LogP contribution in [0.25, 0.3) is 10.7 Å². The number of nitrogens with one attached hydrogen (secondary N) is 1. The van der Waals surface area contributed by atoms with Crippen molar-refractivity contribution in [3.63, 3.8) is 0 Å². The van der Waals surface area contributed by atoms with Crippen LogP contribution in [0.1, 0.15) is 12.8 Å². The van der Waals surface area contributed by atoms with Crippen LogP contribution in [0.2, 0.25) is 0 Å². The average Bonchev–Trinajstić information content (AvgIpc) is 3.17. The van der Waals surface area contributed by atoms with Crippen LogP contribution >= 0.6 is 11.3 Å². The molecule has 140 valence electrons. The Bertz CT molecular complexity index is 675. The van der Waals surface area contributed by atoms with Crippen LogP contribution in [0.3, 0.4) is 0 Å². The second-order valence-electron chi connectivity index (χ2n) is 6.87. The molecule has 0 aliphatic carbocycles. The molecule has 0 spiro atoms. The number of ether oxygens (including phenoxy) is 1. The number of aromatic nitrogens is 3. The summed E-state index contributed by atoms with van der Waals surface area (Å²) >= 11 is 1.58. The van der Waals surface area contributed by atoms with Crippen molar-refractivity contribution in [2.45, 2.75) is 18.9 Å². The maximum absolute atomic E-state index is 5.43. The average molecular weight is 375 g/mol. The van der Waals surface area contributed by atoms with Crippen LogP contribution in [-0.4, -0.2) is 83.5 Å². The minimum absolute atomic E-state index is 0.443. The van der Waals surface area contributed by atoms with Gasteiger partial charge in [0.2, 0.25) is 5.13 Å². The molecule has 26 heavy (non-hydrogen) atoms. The van der Waals surface area contributed by atoms with E-state index in [0.29, 0.717) is 6.04 Å². The van der Waals surface area contributed by atoms with Crippen LogP contribution < -0.4 is 5.32 Å². The minimum Gasteiger partial charge on any atom is -0.379 e. The molecule has 0 amide bonds. The lowest BCUT2D eigenvalue weighted by Crippen LogP contribution is -2.46. The first kappa shape index (κ1) is 17.8. The molecule has 0 bridgehead atoms. The molecule has 4 rings (SSSR count). The van der Waals surface area contributed by atoms with Gasteiger partial charge in [0.15, 0.2) is 5.01 Å². The number of rotatable bonds is 6. The van der Waals surface area contributed by atoms with Gasteiger partial charge in [0.1, 0.15) is 5.69 Å². The van der Waals surface area contributed by atoms with Crippen molar-refractivity contribution in [2.75, 3.05) is 57.8 Å². The zero-order chi connectivity index (χ0) is 17.6. The molecule has 2 aliphatic rings. The van der Waals surface area contributed by atoms with Gasteiger partial charge in [-0.15, -0.1) is 10.2 Å². The molecule has 2 aromatic rings. The van der Waals surface area contributed by atoms with Crippen molar-refractivity contribution in [2.24, 2.45) is 0 Å². The molecular weight excluding hydrogens is 348 g/mol. The zero-order valence-corrected chi connectivity index (χ0v) is 15.8. The van der Waals surface area contributed by atoms with E-state index in [0.717, 1.165) is 61.8 Å². The van der Waals surface area contributed by atoms with E-state index in [9.17, 15) is 0 Å². The summed E-state index contributed by atoms with van der Waals surface area (Å²) in [6.45, 7) is 8.42. The molecule has 7 nitrogen and oxygen atoms in total. The molecule has 0 radical (unpaired) electrons. The van der Waals surface area contributed by atoms with Crippen molar-refractivity contribution in [3.8, 4) is 10.7 Å². The number of anilines is 1. The summed E-state index contributed by atoms with van der Waals surface area (Å²) in [6.07, 6.45) is 4.20. The highest BCUT2D eigenvalue weighted by Crippen LogP contribution is 2.26. The zero-order valence-electron chi connectivity index (χ0n) is 15.0. The van der Waals surface area contributed by atoms with E-state index in [4.69, 9.17) is 4.74 Å². The second-order valence-corrected chi connectivity index (χ2v) is 7.84. The molecule has 1 N–H and O–H groups in total. The maximum atomic E-state index is 5.43. The highest BCUT2D eigenvalue weighted by Gasteiger charge is 2.22. The molecule has 2 aliphatic heterocycles. The van der Waals surface area contributed by atoms with E-state index >= 15 is 0 Å². The molecule has 2 aromatic heterocycles. The van der Waals surface area contributed by atoms with E-state index in [1.165, 1.54) is 19.4 Å². The van der Waals surface area contributed by atoms with Crippen LogP contribution in [0, 0.1) is 0 Å². The molecule has 1 atom stereocenters. The van der Waals surface area contributed by atoms with E-state index in [2.05, 4.69) is 30.3 Å². The lowest BCUT2D eigenvalue weighted by molar-refractivity contribution is 0.0321. The monoisotopic (exact) mass is 374 g/mol. The number of morpholine rings is 1. The first-order chi connectivity index (χ1) is 12.9. The highest BCUT2D eigenvalue weighted by molar-refractivity contribution is 7.18. The van der Waals surface area contributed by atoms with Crippen molar-refractivity contribution < 1.29 is 4.74 Å². The standard InChI is InChI=1S/C18H26N6OS/c1-2-6-19-16(5-1)17-21-22-18(26-17)20-15-4-3-7-24(14-15)9-8-23-10-12-25-13-11-23/h1-2,5-6,15H,3-4,7-14H2,(H,20,22). The van der Waals surface area contributed by atoms with Gasteiger partial charge in [0.05, 0.1) is 13.2 Å². The van der Waals surface area contributed by atoms with E-state index < -0.39 is 0 Å². The van der Waals surface area contributed by atoms with Gasteiger partial charge in [-0.1, -0.05) is 17.4 Å². The third kappa shape index (κ3) is 4.76. The number of hydrogen-bond donors (Lipinski definition) is 1. The summed E-state index contributed by atoms with van der Waals surface area (Å²) in [6, 6.07) is 6.30. The summed E-state index contributed by atoms with van der Waals surface area (Å²) in [5.41, 5.74) is 0.883. The summed E-state index contributed by atoms with van der Waals surface area (Å²) in [7, 11) is 0. The van der Waals surface area contributed by atoms with Crippen molar-refractivity contribution in [1.29, 1.82) is 0 Å². The summed E-state index contributed by atoms with van der Waals surface area (Å²) in [4.78, 5) is 9.42. The fourth-order valence-electron chi connectivity index (χ4n) is 3.53. The lowest BCUT2D eigenvalue weighted by Gasteiger charge is -2.35. The van der Waals surface area contributed by atoms with Crippen LogP contribution in [-0.2, 0) is 4.74 Å². The Balaban J connectivity index is 1.27. The first-order valence-electron chi connectivity index (χ1n) is 9.41. The van der Waals surface area contributed by atoms with Crippen molar-refractivity contribution in [3.05, 3.63) is 24.4 Å². The Labute approximate surface area is 158 Å². The van der Waals surface area contributed by atoms with E-state index in [1.807, 2.05) is 18.2 Å². The number of pyridine rings is 1. The van der Waals surface area contributed by atoms with Crippen molar-refractivity contribution >= 4 is 16.5 Å². The SMILES string of the molecule is c1ccc(-c2nnc(NC3CCCN(CCN4CCOCC4)C3)s2)nc1. The fraction of sp³-hybridized carbons (Fsp3) is 0.611. The van der Waals surface area contributed by atoms with Gasteiger partial charge in [-0.25, -0.2) is 0 Å². The third-order valence-electron chi connectivity index (χ3n) is 4.98. The Morgan fingerprint density at radius 3 is 2.85 bits per heavy atom. The molecule has 4 heterocycles. The lowest BCUT2D eigenvalue weighted by atomic mass is 10.1. The minimum atomic E-state index is 0.443. The Morgan fingerprint density at radius 1 is 1.12 bits per heavy atom. The molecular formula is C18H26N6OS. The van der Waals surface area contributed by atoms with Gasteiger partial charge < -0.3 is 15.0 Å². The smallest absolute Gasteiger partial charge is 0.206 e. The number of hydrogen-bond acceptors (Lipinski definition) is 8. The van der Waals surface area contributed by atoms with Gasteiger partial charge in [-0.2, -0.15) is 0 Å². The van der Waals surface area contributed by atoms with Gasteiger partial charge in [0, 0.05) is 45.0 Å². The molecule has 1 unspecified atom stereocenters. The topological polar surface area (TPSA) is 66.4 Å². The van der Waals surface area contributed by atoms with Gasteiger partial charge in [0.25, 0.3) is 0 Å². The predicted molar refractivity (Wildman–Crippen MR) is 103 cm³/mol. The van der Waals surface area contributed by atoms with Crippen molar-refractivity contribution in [1.82, 2.24) is 25.0 Å². The molecule has 2 saturated heterocycles. The third-order valence-corrected chi connectivity index (χ3v) is 5.86. The van der Waals surface area contributed by atoms with Gasteiger partial charge >= 0.3 is 0 Å². The molecule has 2 fully saturated rings. The quantitative estimate of drug-likeness (QED) is 0.827. The number of piperidine rings is 1. The summed E-state index contributed by atoms with van der Waals surface area (Å²) < 4.78 is 5.43. The van der Waals surface area contributed by atoms with Crippen LogP contribution in [0.5, 0.6) is 0 Å². The largest absolute Gasteiger partial charge is 0.379 e. The highest BCUT2D eigenvalue weighted by atomic mass is 32.1. The first-order valence-corrected chi connectivity index (χ1v) is 10.2. The second kappa shape index (κ2) is 8.85. The number of likely N-dealkylation sites (tertiary alicyclic amines) is 1. The Hall–Kier alpha value is -1.61. The van der Waals surface area contributed by atoms with E-state index in [1.54, 1.807) is 17.5 Å². The maximum Gasteiger partial charge on any atom is 0.206 e. The number of nitrogens with zero attached hydrogens (tertiary/aromatic N) is 5. The predicted octanol–water partition coefficient (Wildman–Crippen LogP) is 1.81. The Morgan fingerprint density at radius 2 is 2.00 bits per heavy atom. The molecule has 8 heteroatoms. The fourth-order valence-corrected chi connectivity index (χ4v) is 4.33. The summed E-state index contributed by atoms with van der Waals surface area (Å²) in [5.74, 6) is 0. The van der Waals surface area contributed by atoms with Crippen LogP contribution in [0.15, 0.2) is 24.4 Å². The molecule has 0 aromatic carbocycles. The van der Waals surface area contributed by atoms with Crippen LogP contribution in [0.4, 0.5) is 5.13 Å². The Kier molecular flexibility index (Phi) is 6.06. The van der Waals surface area contributed by atoms with Gasteiger partial charge in [-0.05, 0) is 31.5 Å². The molecule has 0 saturated carbocycles. The normalized spacial score (nSPS) is 22.4.